The SMILES string of the molecule is COc1ccc(N2CC(S(N)(=O)=O)CC2=O)nn1. The minimum absolute atomic E-state index is 0.00131. The Balaban J connectivity index is 2.21. The molecule has 1 unspecified atom stereocenters. The van der Waals surface area contributed by atoms with Crippen LogP contribution in [0.5, 0.6) is 5.88 Å². The van der Waals surface area contributed by atoms with E-state index in [1.165, 1.54) is 18.1 Å². The molecule has 1 saturated heterocycles. The molecule has 1 fully saturated rings. The number of methoxy groups -OCH3 is 1. The molecule has 8 nitrogen and oxygen atoms in total. The molecule has 18 heavy (non-hydrogen) atoms. The van der Waals surface area contributed by atoms with Crippen LogP contribution in [0, 0.1) is 0 Å². The van der Waals surface area contributed by atoms with Gasteiger partial charge in [0.05, 0.1) is 7.11 Å². The topological polar surface area (TPSA) is 115 Å². The van der Waals surface area contributed by atoms with E-state index in [2.05, 4.69) is 10.2 Å². The van der Waals surface area contributed by atoms with Crippen molar-refractivity contribution in [2.75, 3.05) is 18.6 Å². The van der Waals surface area contributed by atoms with Gasteiger partial charge in [-0.2, -0.15) is 0 Å². The second-order valence-corrected chi connectivity index (χ2v) is 5.70. The summed E-state index contributed by atoms with van der Waals surface area (Å²) in [4.78, 5) is 12.9. The fraction of sp³-hybridized carbons (Fsp3) is 0.444. The zero-order valence-corrected chi connectivity index (χ0v) is 10.4. The summed E-state index contributed by atoms with van der Waals surface area (Å²) in [6.07, 6.45) is -0.132. The first-order chi connectivity index (χ1) is 8.41. The molecule has 0 bridgehead atoms. The van der Waals surface area contributed by atoms with E-state index in [4.69, 9.17) is 9.88 Å². The second-order valence-electron chi connectivity index (χ2n) is 3.85. The summed E-state index contributed by atoms with van der Waals surface area (Å²) in [6.45, 7) is -0.00131. The lowest BCUT2D eigenvalue weighted by Crippen LogP contribution is -2.32. The molecule has 1 atom stereocenters. The Morgan fingerprint density at radius 1 is 1.44 bits per heavy atom. The van der Waals surface area contributed by atoms with Crippen LogP contribution in [-0.2, 0) is 14.8 Å². The molecule has 1 aliphatic heterocycles. The highest BCUT2D eigenvalue weighted by Crippen LogP contribution is 2.22. The number of carbonyl (C=O) groups excluding carboxylic acids is 1. The van der Waals surface area contributed by atoms with Crippen LogP contribution in [0.4, 0.5) is 5.82 Å². The van der Waals surface area contributed by atoms with Crippen LogP contribution >= 0.6 is 0 Å². The summed E-state index contributed by atoms with van der Waals surface area (Å²) in [5.41, 5.74) is 0. The number of hydrogen-bond donors (Lipinski definition) is 1. The van der Waals surface area contributed by atoms with Crippen molar-refractivity contribution >= 4 is 21.7 Å². The van der Waals surface area contributed by atoms with Crippen LogP contribution < -0.4 is 14.8 Å². The van der Waals surface area contributed by atoms with Gasteiger partial charge in [-0.05, 0) is 6.07 Å². The minimum atomic E-state index is -3.72. The van der Waals surface area contributed by atoms with Crippen molar-refractivity contribution in [2.45, 2.75) is 11.7 Å². The smallest absolute Gasteiger partial charge is 0.233 e. The van der Waals surface area contributed by atoms with Crippen molar-refractivity contribution in [3.63, 3.8) is 0 Å². The summed E-state index contributed by atoms with van der Waals surface area (Å²) in [5, 5.41) is 11.6. The number of amides is 1. The van der Waals surface area contributed by atoms with E-state index < -0.39 is 15.3 Å². The minimum Gasteiger partial charge on any atom is -0.480 e. The molecule has 0 spiro atoms. The van der Waals surface area contributed by atoms with Crippen molar-refractivity contribution in [1.82, 2.24) is 10.2 Å². The first-order valence-electron chi connectivity index (χ1n) is 5.11. The molecule has 1 amide bonds. The van der Waals surface area contributed by atoms with E-state index >= 15 is 0 Å². The van der Waals surface area contributed by atoms with E-state index in [1.807, 2.05) is 0 Å². The van der Waals surface area contributed by atoms with Crippen LogP contribution in [0.3, 0.4) is 0 Å². The number of hydrogen-bond acceptors (Lipinski definition) is 6. The Hall–Kier alpha value is -1.74. The van der Waals surface area contributed by atoms with E-state index in [0.29, 0.717) is 5.88 Å². The van der Waals surface area contributed by atoms with Crippen molar-refractivity contribution in [3.05, 3.63) is 12.1 Å². The maximum atomic E-state index is 11.7. The highest BCUT2D eigenvalue weighted by molar-refractivity contribution is 7.89. The normalized spacial score (nSPS) is 20.2. The maximum absolute atomic E-state index is 11.7. The van der Waals surface area contributed by atoms with Gasteiger partial charge in [0, 0.05) is 19.0 Å². The van der Waals surface area contributed by atoms with Gasteiger partial charge in [0.2, 0.25) is 21.8 Å². The highest BCUT2D eigenvalue weighted by atomic mass is 32.2. The zero-order valence-electron chi connectivity index (χ0n) is 9.61. The number of carbonyl (C=O) groups is 1. The lowest BCUT2D eigenvalue weighted by molar-refractivity contribution is -0.117. The molecule has 0 saturated carbocycles. The van der Waals surface area contributed by atoms with Gasteiger partial charge < -0.3 is 4.74 Å². The van der Waals surface area contributed by atoms with Gasteiger partial charge in [0.1, 0.15) is 5.25 Å². The van der Waals surface area contributed by atoms with Crippen LogP contribution in [-0.4, -0.2) is 43.4 Å². The zero-order chi connectivity index (χ0) is 13.3. The van der Waals surface area contributed by atoms with Gasteiger partial charge in [0.25, 0.3) is 0 Å². The van der Waals surface area contributed by atoms with E-state index in [0.717, 1.165) is 0 Å². The summed E-state index contributed by atoms with van der Waals surface area (Å²) in [6, 6.07) is 3.08. The number of primary sulfonamides is 1. The average Bonchev–Trinajstić information content (AvgIpc) is 2.71. The molecule has 0 aromatic carbocycles. The molecule has 9 heteroatoms. The van der Waals surface area contributed by atoms with Crippen LogP contribution in [0.2, 0.25) is 0 Å². The lowest BCUT2D eigenvalue weighted by Gasteiger charge is -2.14. The van der Waals surface area contributed by atoms with Crippen LogP contribution in [0.1, 0.15) is 6.42 Å². The molecule has 1 aromatic heterocycles. The average molecular weight is 272 g/mol. The van der Waals surface area contributed by atoms with Gasteiger partial charge in [0.15, 0.2) is 5.82 Å². The van der Waals surface area contributed by atoms with Gasteiger partial charge in [-0.15, -0.1) is 10.2 Å². The second kappa shape index (κ2) is 4.50. The van der Waals surface area contributed by atoms with Gasteiger partial charge in [-0.25, -0.2) is 13.6 Å². The number of aromatic nitrogens is 2. The van der Waals surface area contributed by atoms with E-state index in [1.54, 1.807) is 6.07 Å². The van der Waals surface area contributed by atoms with Crippen LogP contribution in [0.25, 0.3) is 0 Å². The molecular weight excluding hydrogens is 260 g/mol. The van der Waals surface area contributed by atoms with Crippen molar-refractivity contribution in [3.8, 4) is 5.88 Å². The lowest BCUT2D eigenvalue weighted by atomic mass is 10.4. The first-order valence-corrected chi connectivity index (χ1v) is 6.72. The van der Waals surface area contributed by atoms with Gasteiger partial charge in [-0.1, -0.05) is 0 Å². The molecule has 1 aromatic rings. The third-order valence-electron chi connectivity index (χ3n) is 2.67. The molecule has 1 aliphatic rings. The van der Waals surface area contributed by atoms with E-state index in [9.17, 15) is 13.2 Å². The molecule has 0 aliphatic carbocycles. The maximum Gasteiger partial charge on any atom is 0.233 e. The monoisotopic (exact) mass is 272 g/mol. The molecule has 2 heterocycles. The highest BCUT2D eigenvalue weighted by Gasteiger charge is 2.37. The Morgan fingerprint density at radius 2 is 2.17 bits per heavy atom. The van der Waals surface area contributed by atoms with Gasteiger partial charge in [-0.3, -0.25) is 9.69 Å². The number of sulfonamides is 1. The predicted octanol–water partition coefficient (Wildman–Crippen LogP) is -1.12. The summed E-state index contributed by atoms with van der Waals surface area (Å²) in [7, 11) is -2.28. The summed E-state index contributed by atoms with van der Waals surface area (Å²) >= 11 is 0. The van der Waals surface area contributed by atoms with Crippen molar-refractivity contribution in [2.24, 2.45) is 5.14 Å². The fourth-order valence-corrected chi connectivity index (χ4v) is 2.41. The number of nitrogens with zero attached hydrogens (tertiary/aromatic N) is 3. The van der Waals surface area contributed by atoms with Crippen molar-refractivity contribution < 1.29 is 17.9 Å². The Morgan fingerprint density at radius 3 is 2.61 bits per heavy atom. The Labute approximate surface area is 104 Å². The van der Waals surface area contributed by atoms with Gasteiger partial charge >= 0.3 is 0 Å². The largest absolute Gasteiger partial charge is 0.480 e. The fourth-order valence-electron chi connectivity index (χ4n) is 1.68. The molecular formula is C9H12N4O4S. The summed E-state index contributed by atoms with van der Waals surface area (Å²) in [5.74, 6) is 0.258. The molecule has 2 rings (SSSR count). The number of rotatable bonds is 3. The number of ether oxygens (including phenoxy) is 1. The van der Waals surface area contributed by atoms with E-state index in [-0.39, 0.29) is 24.7 Å². The third-order valence-corrected chi connectivity index (χ3v) is 3.91. The third kappa shape index (κ3) is 2.41. The Kier molecular flexibility index (Phi) is 3.18. The standard InChI is InChI=1S/C9H12N4O4S/c1-17-8-3-2-7(11-12-8)13-5-6(4-9(13)14)18(10,15)16/h2-3,6H,4-5H2,1H3,(H2,10,15,16). The quantitative estimate of drug-likeness (QED) is 0.745. The molecule has 0 radical (unpaired) electrons. The number of anilines is 1. The predicted molar refractivity (Wildman–Crippen MR) is 62.4 cm³/mol. The Bertz CT molecular complexity index is 556. The number of nitrogens with two attached hydrogens (primary N) is 1. The molecule has 2 N–H and O–H groups in total. The first kappa shape index (κ1) is 12.7. The summed E-state index contributed by atoms with van der Waals surface area (Å²) < 4.78 is 27.2. The molecule has 98 valence electrons. The van der Waals surface area contributed by atoms with Crippen LogP contribution in [0.15, 0.2) is 12.1 Å². The van der Waals surface area contributed by atoms with Crippen molar-refractivity contribution in [1.29, 1.82) is 0 Å².